The highest BCUT2D eigenvalue weighted by Crippen LogP contribution is 2.24. The minimum absolute atomic E-state index is 0.0371. The molecule has 2 aromatic heterocycles. The zero-order valence-corrected chi connectivity index (χ0v) is 18.9. The maximum Gasteiger partial charge on any atom is 0.344 e. The quantitative estimate of drug-likeness (QED) is 0.297. The number of ketones is 1. The van der Waals surface area contributed by atoms with Crippen molar-refractivity contribution in [1.82, 2.24) is 9.97 Å². The van der Waals surface area contributed by atoms with Crippen molar-refractivity contribution in [3.05, 3.63) is 108 Å². The van der Waals surface area contributed by atoms with E-state index in [4.69, 9.17) is 18.9 Å². The van der Waals surface area contributed by atoms with Gasteiger partial charge in [0.15, 0.2) is 13.2 Å². The molecule has 0 radical (unpaired) electrons. The zero-order chi connectivity index (χ0) is 25.2. The average Bonchev–Trinajstić information content (AvgIpc) is 2.92. The molecule has 0 unspecified atom stereocenters. The van der Waals surface area contributed by atoms with Crippen LogP contribution >= 0.6 is 0 Å². The molecule has 9 nitrogen and oxygen atoms in total. The van der Waals surface area contributed by atoms with Crippen LogP contribution in [0, 0.1) is 0 Å². The Balaban J connectivity index is 1.31. The third-order valence-electron chi connectivity index (χ3n) is 4.63. The van der Waals surface area contributed by atoms with Gasteiger partial charge in [0.1, 0.15) is 22.6 Å². The van der Waals surface area contributed by atoms with E-state index in [0.29, 0.717) is 11.5 Å². The van der Waals surface area contributed by atoms with Crippen molar-refractivity contribution in [2.45, 2.75) is 0 Å². The highest BCUT2D eigenvalue weighted by Gasteiger charge is 2.20. The molecule has 9 heteroatoms. The van der Waals surface area contributed by atoms with Crippen LogP contribution in [0.4, 0.5) is 0 Å². The molecule has 0 fully saturated rings. The Kier molecular flexibility index (Phi) is 7.95. The molecule has 0 aliphatic carbocycles. The molecule has 0 saturated heterocycles. The summed E-state index contributed by atoms with van der Waals surface area (Å²) >= 11 is 0. The van der Waals surface area contributed by atoms with Crippen LogP contribution in [-0.2, 0) is 14.3 Å². The number of carbonyl (C=O) groups is 3. The molecule has 0 spiro atoms. The smallest absolute Gasteiger partial charge is 0.344 e. The van der Waals surface area contributed by atoms with Gasteiger partial charge in [0.2, 0.25) is 17.5 Å². The lowest BCUT2D eigenvalue weighted by molar-refractivity contribution is -0.125. The van der Waals surface area contributed by atoms with E-state index < -0.39 is 30.9 Å². The maximum absolute atomic E-state index is 12.5. The first kappa shape index (κ1) is 24.1. The van der Waals surface area contributed by atoms with E-state index in [2.05, 4.69) is 9.97 Å². The van der Waals surface area contributed by atoms with E-state index in [9.17, 15) is 14.4 Å². The Morgan fingerprint density at radius 1 is 0.556 bits per heavy atom. The van der Waals surface area contributed by atoms with Crippen LogP contribution in [0.2, 0.25) is 0 Å². The number of nitrogens with zero attached hydrogens (tertiary/aromatic N) is 2. The number of pyridine rings is 2. The molecule has 180 valence electrons. The van der Waals surface area contributed by atoms with Gasteiger partial charge in [-0.25, -0.2) is 19.6 Å². The van der Waals surface area contributed by atoms with E-state index in [1.165, 1.54) is 24.5 Å². The zero-order valence-electron chi connectivity index (χ0n) is 18.9. The van der Waals surface area contributed by atoms with Gasteiger partial charge in [0, 0.05) is 12.4 Å². The SMILES string of the molecule is O=C(COC(=O)c1cccnc1Oc1ccccc1)COC(=O)c1cccnc1Oc1ccccc1. The number of aromatic nitrogens is 2. The molecule has 0 N–H and O–H groups in total. The second-order valence-electron chi connectivity index (χ2n) is 7.23. The van der Waals surface area contributed by atoms with Gasteiger partial charge in [-0.2, -0.15) is 0 Å². The molecule has 0 amide bonds. The van der Waals surface area contributed by atoms with Crippen LogP contribution in [0.25, 0.3) is 0 Å². The first-order chi connectivity index (χ1) is 17.6. The largest absolute Gasteiger partial charge is 0.454 e. The predicted octanol–water partition coefficient (Wildman–Crippen LogP) is 4.64. The number of rotatable bonds is 10. The molecule has 0 atom stereocenters. The normalized spacial score (nSPS) is 10.2. The molecule has 0 bridgehead atoms. The Hall–Kier alpha value is -5.05. The van der Waals surface area contributed by atoms with E-state index >= 15 is 0 Å². The highest BCUT2D eigenvalue weighted by atomic mass is 16.6. The number of benzene rings is 2. The predicted molar refractivity (Wildman–Crippen MR) is 127 cm³/mol. The molecular weight excluding hydrogens is 464 g/mol. The van der Waals surface area contributed by atoms with E-state index in [-0.39, 0.29) is 22.9 Å². The fraction of sp³-hybridized carbons (Fsp3) is 0.0741. The Morgan fingerprint density at radius 2 is 0.972 bits per heavy atom. The van der Waals surface area contributed by atoms with Crippen molar-refractivity contribution in [2.24, 2.45) is 0 Å². The number of esters is 2. The van der Waals surface area contributed by atoms with Gasteiger partial charge < -0.3 is 18.9 Å². The number of hydrogen-bond acceptors (Lipinski definition) is 9. The summed E-state index contributed by atoms with van der Waals surface area (Å²) in [5.41, 5.74) is 0.0911. The van der Waals surface area contributed by atoms with Gasteiger partial charge >= 0.3 is 11.9 Å². The maximum atomic E-state index is 12.5. The summed E-state index contributed by atoms with van der Waals surface area (Å²) in [5, 5.41) is 0. The van der Waals surface area contributed by atoms with Gasteiger partial charge in [-0.1, -0.05) is 36.4 Å². The minimum atomic E-state index is -0.806. The summed E-state index contributed by atoms with van der Waals surface area (Å²) in [4.78, 5) is 45.4. The lowest BCUT2D eigenvalue weighted by atomic mass is 10.2. The van der Waals surface area contributed by atoms with Gasteiger partial charge in [0.05, 0.1) is 0 Å². The van der Waals surface area contributed by atoms with Crippen molar-refractivity contribution in [3.8, 4) is 23.3 Å². The number of hydrogen-bond donors (Lipinski definition) is 0. The monoisotopic (exact) mass is 484 g/mol. The topological polar surface area (TPSA) is 114 Å². The fourth-order valence-corrected chi connectivity index (χ4v) is 2.94. The van der Waals surface area contributed by atoms with Crippen molar-refractivity contribution in [2.75, 3.05) is 13.2 Å². The molecule has 4 rings (SSSR count). The average molecular weight is 484 g/mol. The molecule has 36 heavy (non-hydrogen) atoms. The third kappa shape index (κ3) is 6.51. The lowest BCUT2D eigenvalue weighted by Crippen LogP contribution is -2.21. The molecule has 2 heterocycles. The molecular formula is C27H20N2O7. The third-order valence-corrected chi connectivity index (χ3v) is 4.63. The molecule has 0 aliphatic rings. The minimum Gasteiger partial charge on any atom is -0.454 e. The second kappa shape index (κ2) is 11.9. The van der Waals surface area contributed by atoms with Crippen molar-refractivity contribution in [3.63, 3.8) is 0 Å². The van der Waals surface area contributed by atoms with Crippen molar-refractivity contribution >= 4 is 17.7 Å². The lowest BCUT2D eigenvalue weighted by Gasteiger charge is -2.10. The molecule has 0 saturated carbocycles. The molecule has 2 aromatic carbocycles. The van der Waals surface area contributed by atoms with Gasteiger partial charge in [0.25, 0.3) is 0 Å². The van der Waals surface area contributed by atoms with Gasteiger partial charge in [-0.3, -0.25) is 4.79 Å². The van der Waals surface area contributed by atoms with Gasteiger partial charge in [-0.15, -0.1) is 0 Å². The van der Waals surface area contributed by atoms with Crippen LogP contribution < -0.4 is 9.47 Å². The van der Waals surface area contributed by atoms with Crippen LogP contribution in [0.5, 0.6) is 23.3 Å². The fourth-order valence-electron chi connectivity index (χ4n) is 2.94. The number of Topliss-reactive ketones (excluding diaryl/α,β-unsaturated/α-hetero) is 1. The molecule has 4 aromatic rings. The number of ether oxygens (including phenoxy) is 4. The van der Waals surface area contributed by atoms with Crippen molar-refractivity contribution < 1.29 is 33.3 Å². The van der Waals surface area contributed by atoms with E-state index in [0.717, 1.165) is 0 Å². The Labute approximate surface area is 206 Å². The summed E-state index contributed by atoms with van der Waals surface area (Å²) in [6.07, 6.45) is 2.93. The standard InChI is InChI=1S/C27H20N2O7/c30-19(17-33-26(31)22-13-7-15-28-24(22)35-20-9-3-1-4-10-20)18-34-27(32)23-14-8-16-29-25(23)36-21-11-5-2-6-12-21/h1-16H,17-18H2. The first-order valence-corrected chi connectivity index (χ1v) is 10.8. The number of para-hydroxylation sites is 2. The second-order valence-corrected chi connectivity index (χ2v) is 7.23. The van der Waals surface area contributed by atoms with E-state index in [1.807, 2.05) is 12.1 Å². The first-order valence-electron chi connectivity index (χ1n) is 10.8. The highest BCUT2D eigenvalue weighted by molar-refractivity contribution is 5.95. The summed E-state index contributed by atoms with van der Waals surface area (Å²) < 4.78 is 21.4. The van der Waals surface area contributed by atoms with Crippen LogP contribution in [0.15, 0.2) is 97.3 Å². The summed E-state index contributed by atoms with van der Waals surface area (Å²) in [5.74, 6) is -1.19. The van der Waals surface area contributed by atoms with Crippen LogP contribution in [-0.4, -0.2) is 40.9 Å². The summed E-state index contributed by atoms with van der Waals surface area (Å²) in [6, 6.07) is 23.6. The Bertz CT molecular complexity index is 1240. The van der Waals surface area contributed by atoms with Crippen molar-refractivity contribution in [1.29, 1.82) is 0 Å². The Morgan fingerprint density at radius 3 is 1.39 bits per heavy atom. The van der Waals surface area contributed by atoms with E-state index in [1.54, 1.807) is 60.7 Å². The summed E-state index contributed by atoms with van der Waals surface area (Å²) in [6.45, 7) is -1.21. The van der Waals surface area contributed by atoms with Crippen LogP contribution in [0.1, 0.15) is 20.7 Å². The van der Waals surface area contributed by atoms with Gasteiger partial charge in [-0.05, 0) is 48.5 Å². The number of carbonyl (C=O) groups excluding carboxylic acids is 3. The van der Waals surface area contributed by atoms with Crippen LogP contribution in [0.3, 0.4) is 0 Å². The molecule has 0 aliphatic heterocycles. The summed E-state index contributed by atoms with van der Waals surface area (Å²) in [7, 11) is 0.